The standard InChI is InChI=1S/C12H23N3OS/c1-4-5-6-7-8-16-12(13)11(15-17)10(2)9-14-3/h13-14,17H,2,4-9H2,1,3H3/b13-12?,15-11-. The SMILES string of the molecule is C=C(CNC)/C(=N/S)C(=N)OCCCCCC. The summed E-state index contributed by atoms with van der Waals surface area (Å²) >= 11 is 3.84. The molecule has 98 valence electrons. The van der Waals surface area contributed by atoms with Crippen LogP contribution in [0.5, 0.6) is 0 Å². The van der Waals surface area contributed by atoms with Crippen molar-refractivity contribution in [3.05, 3.63) is 12.2 Å². The van der Waals surface area contributed by atoms with Crippen LogP contribution >= 0.6 is 12.8 Å². The molecule has 0 aliphatic rings. The first-order valence-corrected chi connectivity index (χ1v) is 6.33. The number of hydrogen-bond acceptors (Lipinski definition) is 5. The van der Waals surface area contributed by atoms with E-state index in [9.17, 15) is 0 Å². The van der Waals surface area contributed by atoms with E-state index in [1.54, 1.807) is 0 Å². The van der Waals surface area contributed by atoms with Gasteiger partial charge in [0.05, 0.1) is 6.61 Å². The van der Waals surface area contributed by atoms with Crippen LogP contribution in [0, 0.1) is 5.41 Å². The number of likely N-dealkylation sites (N-methyl/N-ethyl adjacent to an activating group) is 1. The van der Waals surface area contributed by atoms with Gasteiger partial charge in [0.1, 0.15) is 5.71 Å². The van der Waals surface area contributed by atoms with Gasteiger partial charge in [0.15, 0.2) is 0 Å². The molecule has 0 aliphatic carbocycles. The van der Waals surface area contributed by atoms with Gasteiger partial charge < -0.3 is 10.1 Å². The molecule has 0 rings (SSSR count). The molecule has 0 aromatic heterocycles. The maximum atomic E-state index is 7.74. The largest absolute Gasteiger partial charge is 0.477 e. The fourth-order valence-electron chi connectivity index (χ4n) is 1.35. The van der Waals surface area contributed by atoms with Crippen molar-refractivity contribution in [3.8, 4) is 0 Å². The summed E-state index contributed by atoms with van der Waals surface area (Å²) in [5, 5.41) is 10.7. The Morgan fingerprint density at radius 1 is 1.41 bits per heavy atom. The Morgan fingerprint density at radius 3 is 2.65 bits per heavy atom. The van der Waals surface area contributed by atoms with E-state index in [0.29, 0.717) is 24.4 Å². The van der Waals surface area contributed by atoms with Gasteiger partial charge in [-0.2, -0.15) is 0 Å². The minimum atomic E-state index is 0.0525. The third-order valence-corrected chi connectivity index (χ3v) is 2.48. The van der Waals surface area contributed by atoms with E-state index in [4.69, 9.17) is 10.1 Å². The average Bonchev–Trinajstić information content (AvgIpc) is 2.30. The van der Waals surface area contributed by atoms with Gasteiger partial charge in [-0.3, -0.25) is 5.41 Å². The predicted molar refractivity (Wildman–Crippen MR) is 77.3 cm³/mol. The first kappa shape index (κ1) is 16.2. The average molecular weight is 257 g/mol. The van der Waals surface area contributed by atoms with E-state index >= 15 is 0 Å². The summed E-state index contributed by atoms with van der Waals surface area (Å²) in [5.41, 5.74) is 1.12. The maximum Gasteiger partial charge on any atom is 0.233 e. The smallest absolute Gasteiger partial charge is 0.233 e. The van der Waals surface area contributed by atoms with E-state index in [-0.39, 0.29) is 5.90 Å². The highest BCUT2D eigenvalue weighted by molar-refractivity contribution is 7.79. The van der Waals surface area contributed by atoms with E-state index < -0.39 is 0 Å². The summed E-state index contributed by atoms with van der Waals surface area (Å²) in [7, 11) is 1.82. The van der Waals surface area contributed by atoms with Gasteiger partial charge in [0.2, 0.25) is 5.90 Å². The van der Waals surface area contributed by atoms with Gasteiger partial charge in [-0.1, -0.05) is 32.8 Å². The summed E-state index contributed by atoms with van der Waals surface area (Å²) in [5.74, 6) is 0.0525. The van der Waals surface area contributed by atoms with E-state index in [1.807, 2.05) is 7.05 Å². The molecule has 0 bridgehead atoms. The molecule has 0 radical (unpaired) electrons. The van der Waals surface area contributed by atoms with E-state index in [0.717, 1.165) is 12.8 Å². The minimum absolute atomic E-state index is 0.0525. The van der Waals surface area contributed by atoms with Crippen LogP contribution in [0.1, 0.15) is 32.6 Å². The Kier molecular flexibility index (Phi) is 9.86. The van der Waals surface area contributed by atoms with Crippen molar-refractivity contribution in [1.29, 1.82) is 5.41 Å². The number of nitrogens with one attached hydrogen (secondary N) is 2. The predicted octanol–water partition coefficient (Wildman–Crippen LogP) is 2.62. The molecule has 0 aromatic rings. The molecule has 17 heavy (non-hydrogen) atoms. The second-order valence-corrected chi connectivity index (χ2v) is 4.02. The summed E-state index contributed by atoms with van der Waals surface area (Å²) < 4.78 is 9.07. The minimum Gasteiger partial charge on any atom is -0.477 e. The fraction of sp³-hybridized carbons (Fsp3) is 0.667. The van der Waals surface area contributed by atoms with Crippen molar-refractivity contribution in [2.45, 2.75) is 32.6 Å². The monoisotopic (exact) mass is 257 g/mol. The highest BCUT2D eigenvalue weighted by Gasteiger charge is 2.11. The lowest BCUT2D eigenvalue weighted by molar-refractivity contribution is 0.296. The van der Waals surface area contributed by atoms with Crippen LogP contribution in [0.2, 0.25) is 0 Å². The first-order valence-electron chi connectivity index (χ1n) is 5.93. The van der Waals surface area contributed by atoms with Crippen LogP contribution in [0.15, 0.2) is 16.5 Å². The molecule has 0 saturated heterocycles. The van der Waals surface area contributed by atoms with Gasteiger partial charge in [-0.15, -0.1) is 0 Å². The molecule has 0 fully saturated rings. The van der Waals surface area contributed by atoms with Crippen molar-refractivity contribution < 1.29 is 4.74 Å². The van der Waals surface area contributed by atoms with Gasteiger partial charge >= 0.3 is 0 Å². The summed E-state index contributed by atoms with van der Waals surface area (Å²) in [6.45, 7) is 7.12. The Morgan fingerprint density at radius 2 is 2.12 bits per heavy atom. The Labute approximate surface area is 110 Å². The van der Waals surface area contributed by atoms with E-state index in [2.05, 4.69) is 36.0 Å². The number of hydrogen-bond donors (Lipinski definition) is 3. The quantitative estimate of drug-likeness (QED) is 0.257. The first-order chi connectivity index (χ1) is 8.17. The topological polar surface area (TPSA) is 57.5 Å². The van der Waals surface area contributed by atoms with E-state index in [1.165, 1.54) is 12.8 Å². The van der Waals surface area contributed by atoms with Crippen LogP contribution in [-0.4, -0.2) is 31.8 Å². The van der Waals surface area contributed by atoms with Crippen LogP contribution in [-0.2, 0) is 4.74 Å². The van der Waals surface area contributed by atoms with Gasteiger partial charge in [0, 0.05) is 6.54 Å². The van der Waals surface area contributed by atoms with Crippen LogP contribution in [0.4, 0.5) is 0 Å². The molecule has 0 aliphatic heterocycles. The molecular formula is C12H23N3OS. The molecule has 0 amide bonds. The Hall–Kier alpha value is -0.810. The van der Waals surface area contributed by atoms with Crippen LogP contribution in [0.3, 0.4) is 0 Å². The third kappa shape index (κ3) is 7.18. The van der Waals surface area contributed by atoms with Gasteiger partial charge in [-0.05, 0) is 31.9 Å². The fourth-order valence-corrected chi connectivity index (χ4v) is 1.58. The highest BCUT2D eigenvalue weighted by Crippen LogP contribution is 2.03. The molecule has 0 spiro atoms. The third-order valence-electron chi connectivity index (χ3n) is 2.28. The zero-order valence-corrected chi connectivity index (χ0v) is 11.6. The van der Waals surface area contributed by atoms with Gasteiger partial charge in [-0.25, -0.2) is 4.40 Å². The molecule has 0 atom stereocenters. The summed E-state index contributed by atoms with van der Waals surface area (Å²) in [6.07, 6.45) is 4.50. The number of rotatable bonds is 9. The molecule has 4 nitrogen and oxygen atoms in total. The molecule has 5 heteroatoms. The molecule has 0 aromatic carbocycles. The number of nitrogens with zero attached hydrogens (tertiary/aromatic N) is 1. The molecule has 0 unspecified atom stereocenters. The Bertz CT molecular complexity index is 277. The zero-order valence-electron chi connectivity index (χ0n) is 10.8. The molecular weight excluding hydrogens is 234 g/mol. The second-order valence-electron chi connectivity index (χ2n) is 3.82. The maximum absolute atomic E-state index is 7.74. The van der Waals surface area contributed by atoms with Crippen molar-refractivity contribution in [3.63, 3.8) is 0 Å². The molecule has 0 heterocycles. The Balaban J connectivity index is 3.98. The highest BCUT2D eigenvalue weighted by atomic mass is 32.1. The van der Waals surface area contributed by atoms with Crippen molar-refractivity contribution >= 4 is 24.4 Å². The summed E-state index contributed by atoms with van der Waals surface area (Å²) in [4.78, 5) is 0. The van der Waals surface area contributed by atoms with Crippen molar-refractivity contribution in [2.75, 3.05) is 20.2 Å². The van der Waals surface area contributed by atoms with Crippen molar-refractivity contribution in [1.82, 2.24) is 5.32 Å². The number of thiol groups is 1. The molecule has 2 N–H and O–H groups in total. The van der Waals surface area contributed by atoms with Crippen LogP contribution in [0.25, 0.3) is 0 Å². The lowest BCUT2D eigenvalue weighted by Gasteiger charge is -2.11. The second kappa shape index (κ2) is 10.4. The molecule has 0 saturated carbocycles. The zero-order chi connectivity index (χ0) is 13.1. The number of unbranched alkanes of at least 4 members (excludes halogenated alkanes) is 3. The van der Waals surface area contributed by atoms with Crippen LogP contribution < -0.4 is 5.32 Å². The lowest BCUT2D eigenvalue weighted by atomic mass is 10.2. The number of ether oxygens (including phenoxy) is 1. The van der Waals surface area contributed by atoms with Gasteiger partial charge in [0.25, 0.3) is 0 Å². The summed E-state index contributed by atoms with van der Waals surface area (Å²) in [6, 6.07) is 0. The van der Waals surface area contributed by atoms with Crippen molar-refractivity contribution in [2.24, 2.45) is 4.40 Å². The lowest BCUT2D eigenvalue weighted by Crippen LogP contribution is -2.24. The normalized spacial score (nSPS) is 11.4.